The molecule has 1 atom stereocenters. The molecule has 6 heteroatoms. The van der Waals surface area contributed by atoms with E-state index < -0.39 is 0 Å². The lowest BCUT2D eigenvalue weighted by Crippen LogP contribution is -2.38. The summed E-state index contributed by atoms with van der Waals surface area (Å²) in [5.74, 6) is 0.595. The largest absolute Gasteiger partial charge is 0.468 e. The first-order valence-corrected chi connectivity index (χ1v) is 6.96. The van der Waals surface area contributed by atoms with Gasteiger partial charge in [0.2, 0.25) is 0 Å². The Balaban J connectivity index is 2.35. The van der Waals surface area contributed by atoms with E-state index in [0.29, 0.717) is 6.42 Å². The van der Waals surface area contributed by atoms with Crippen molar-refractivity contribution in [2.24, 2.45) is 0 Å². The zero-order chi connectivity index (χ0) is 13.2. The lowest BCUT2D eigenvalue weighted by atomic mass is 10.2. The summed E-state index contributed by atoms with van der Waals surface area (Å²) in [6.07, 6.45) is 6.73. The maximum atomic E-state index is 11.5. The lowest BCUT2D eigenvalue weighted by Gasteiger charge is -2.15. The molecule has 0 amide bonds. The molecule has 0 aliphatic heterocycles. The van der Waals surface area contributed by atoms with Crippen molar-refractivity contribution >= 4 is 17.7 Å². The first kappa shape index (κ1) is 14.9. The van der Waals surface area contributed by atoms with Gasteiger partial charge in [0.1, 0.15) is 11.1 Å². The Morgan fingerprint density at radius 3 is 3.00 bits per heavy atom. The van der Waals surface area contributed by atoms with Crippen molar-refractivity contribution in [3.63, 3.8) is 0 Å². The second kappa shape index (κ2) is 8.88. The molecule has 0 aliphatic rings. The van der Waals surface area contributed by atoms with Crippen LogP contribution in [0.4, 0.5) is 0 Å². The van der Waals surface area contributed by atoms with E-state index >= 15 is 0 Å². The summed E-state index contributed by atoms with van der Waals surface area (Å²) in [6, 6.07) is -0.237. The van der Waals surface area contributed by atoms with E-state index in [9.17, 15) is 4.79 Å². The van der Waals surface area contributed by atoms with Crippen LogP contribution in [0.5, 0.6) is 0 Å². The fraction of sp³-hybridized carbons (Fsp3) is 0.583. The molecule has 1 unspecified atom stereocenters. The van der Waals surface area contributed by atoms with Gasteiger partial charge < -0.3 is 10.1 Å². The third-order valence-electron chi connectivity index (χ3n) is 2.32. The number of methoxy groups -OCH3 is 1. The van der Waals surface area contributed by atoms with E-state index in [1.54, 1.807) is 30.4 Å². The van der Waals surface area contributed by atoms with Crippen molar-refractivity contribution in [1.29, 1.82) is 0 Å². The van der Waals surface area contributed by atoms with Crippen LogP contribution in [0.2, 0.25) is 0 Å². The number of aromatic nitrogens is 2. The van der Waals surface area contributed by atoms with Crippen molar-refractivity contribution in [1.82, 2.24) is 15.3 Å². The van der Waals surface area contributed by atoms with Crippen LogP contribution >= 0.6 is 11.8 Å². The molecule has 0 saturated carbocycles. The summed E-state index contributed by atoms with van der Waals surface area (Å²) in [4.78, 5) is 19.7. The molecule has 0 aromatic carbocycles. The smallest absolute Gasteiger partial charge is 0.322 e. The van der Waals surface area contributed by atoms with Crippen LogP contribution in [0.25, 0.3) is 0 Å². The average molecular weight is 269 g/mol. The van der Waals surface area contributed by atoms with E-state index in [-0.39, 0.29) is 12.0 Å². The number of hydrogen-bond donors (Lipinski definition) is 1. The number of nitrogens with one attached hydrogen (secondary N) is 1. The van der Waals surface area contributed by atoms with Crippen molar-refractivity contribution in [3.05, 3.63) is 18.6 Å². The molecule has 18 heavy (non-hydrogen) atoms. The molecule has 1 aromatic heterocycles. The van der Waals surface area contributed by atoms with Gasteiger partial charge in [-0.2, -0.15) is 0 Å². The molecule has 0 radical (unpaired) electrons. The van der Waals surface area contributed by atoms with E-state index in [4.69, 9.17) is 4.74 Å². The van der Waals surface area contributed by atoms with E-state index in [1.165, 1.54) is 7.11 Å². The summed E-state index contributed by atoms with van der Waals surface area (Å²) in [7, 11) is 1.42. The molecule has 0 aliphatic carbocycles. The second-order valence-corrected chi connectivity index (χ2v) is 4.83. The van der Waals surface area contributed by atoms with E-state index in [1.807, 2.05) is 0 Å². The van der Waals surface area contributed by atoms with Gasteiger partial charge in [-0.1, -0.05) is 6.92 Å². The second-order valence-electron chi connectivity index (χ2n) is 3.71. The van der Waals surface area contributed by atoms with Crippen molar-refractivity contribution in [3.8, 4) is 0 Å². The number of ether oxygens (including phenoxy) is 1. The van der Waals surface area contributed by atoms with Gasteiger partial charge in [0.15, 0.2) is 0 Å². The summed E-state index contributed by atoms with van der Waals surface area (Å²) < 4.78 is 4.77. The maximum absolute atomic E-state index is 11.5. The van der Waals surface area contributed by atoms with Crippen LogP contribution in [0, 0.1) is 0 Å². The molecule has 0 saturated heterocycles. The lowest BCUT2D eigenvalue weighted by molar-refractivity contribution is -0.143. The fourth-order valence-electron chi connectivity index (χ4n) is 1.41. The van der Waals surface area contributed by atoms with Gasteiger partial charge >= 0.3 is 5.97 Å². The summed E-state index contributed by atoms with van der Waals surface area (Å²) in [5, 5.41) is 4.05. The van der Waals surface area contributed by atoms with Gasteiger partial charge in [-0.3, -0.25) is 9.78 Å². The third-order valence-corrected chi connectivity index (χ3v) is 3.27. The molecule has 0 spiro atoms. The number of hydrogen-bond acceptors (Lipinski definition) is 6. The Morgan fingerprint density at radius 2 is 2.39 bits per heavy atom. The van der Waals surface area contributed by atoms with Gasteiger partial charge in [-0.05, 0) is 19.4 Å². The van der Waals surface area contributed by atoms with Crippen LogP contribution in [0.1, 0.15) is 19.8 Å². The first-order chi connectivity index (χ1) is 8.77. The maximum Gasteiger partial charge on any atom is 0.322 e. The van der Waals surface area contributed by atoms with Crippen LogP contribution in [0.3, 0.4) is 0 Å². The first-order valence-electron chi connectivity index (χ1n) is 5.98. The van der Waals surface area contributed by atoms with Gasteiger partial charge in [0.25, 0.3) is 0 Å². The zero-order valence-electron chi connectivity index (χ0n) is 10.8. The van der Waals surface area contributed by atoms with Crippen LogP contribution in [-0.4, -0.2) is 41.4 Å². The zero-order valence-corrected chi connectivity index (χ0v) is 11.6. The molecular formula is C12H19N3O2S. The minimum Gasteiger partial charge on any atom is -0.468 e. The highest BCUT2D eigenvalue weighted by Gasteiger charge is 2.17. The molecule has 100 valence electrons. The molecule has 5 nitrogen and oxygen atoms in total. The summed E-state index contributed by atoms with van der Waals surface area (Å²) >= 11 is 1.59. The number of thioether (sulfide) groups is 1. The van der Waals surface area contributed by atoms with Gasteiger partial charge in [-0.25, -0.2) is 4.98 Å². The normalized spacial score (nSPS) is 12.1. The average Bonchev–Trinajstić information content (AvgIpc) is 2.43. The Kier molecular flexibility index (Phi) is 7.36. The Morgan fingerprint density at radius 1 is 1.56 bits per heavy atom. The van der Waals surface area contributed by atoms with Crippen molar-refractivity contribution in [2.75, 3.05) is 19.4 Å². The van der Waals surface area contributed by atoms with Gasteiger partial charge in [-0.15, -0.1) is 11.8 Å². The predicted octanol–water partition coefficient (Wildman–Crippen LogP) is 1.50. The van der Waals surface area contributed by atoms with Crippen LogP contribution < -0.4 is 5.32 Å². The minimum absolute atomic E-state index is 0.205. The monoisotopic (exact) mass is 269 g/mol. The fourth-order valence-corrected chi connectivity index (χ4v) is 2.24. The highest BCUT2D eigenvalue weighted by atomic mass is 32.2. The minimum atomic E-state index is -0.237. The molecular weight excluding hydrogens is 250 g/mol. The highest BCUT2D eigenvalue weighted by molar-refractivity contribution is 7.99. The van der Waals surface area contributed by atoms with Crippen molar-refractivity contribution < 1.29 is 9.53 Å². The predicted molar refractivity (Wildman–Crippen MR) is 71.5 cm³/mol. The van der Waals surface area contributed by atoms with E-state index in [0.717, 1.165) is 23.7 Å². The number of nitrogens with zero attached hydrogens (tertiary/aromatic N) is 2. The topological polar surface area (TPSA) is 64.1 Å². The van der Waals surface area contributed by atoms with Gasteiger partial charge in [0.05, 0.1) is 13.3 Å². The quantitative estimate of drug-likeness (QED) is 0.570. The third kappa shape index (κ3) is 5.46. The Labute approximate surface area is 112 Å². The number of carbonyl (C=O) groups excluding carboxylic acids is 1. The summed E-state index contributed by atoms with van der Waals surface area (Å²) in [5.41, 5.74) is 0. The Bertz CT molecular complexity index is 348. The highest BCUT2D eigenvalue weighted by Crippen LogP contribution is 2.15. The number of rotatable bonds is 8. The molecule has 1 aromatic rings. The molecule has 0 bridgehead atoms. The number of carbonyl (C=O) groups is 1. The molecule has 0 fully saturated rings. The molecule has 1 N–H and O–H groups in total. The number of esters is 1. The van der Waals surface area contributed by atoms with E-state index in [2.05, 4.69) is 22.2 Å². The Hall–Kier alpha value is -1.14. The van der Waals surface area contributed by atoms with Crippen molar-refractivity contribution in [2.45, 2.75) is 30.8 Å². The SMILES string of the molecule is CCCNC(CCSc1cnccn1)C(=O)OC. The van der Waals surface area contributed by atoms with Crippen LogP contribution in [-0.2, 0) is 9.53 Å². The summed E-state index contributed by atoms with van der Waals surface area (Å²) in [6.45, 7) is 2.88. The molecule has 1 heterocycles. The standard InChI is InChI=1S/C12H19N3O2S/c1-3-5-14-10(12(16)17-2)4-8-18-11-9-13-6-7-15-11/h6-7,9-10,14H,3-5,8H2,1-2H3. The van der Waals surface area contributed by atoms with Crippen LogP contribution in [0.15, 0.2) is 23.6 Å². The molecule has 1 rings (SSSR count). The van der Waals surface area contributed by atoms with Gasteiger partial charge in [0, 0.05) is 18.1 Å².